The lowest BCUT2D eigenvalue weighted by atomic mass is 10.2. The van der Waals surface area contributed by atoms with Gasteiger partial charge in [0.15, 0.2) is 10.9 Å². The zero-order chi connectivity index (χ0) is 26.7. The Kier molecular flexibility index (Phi) is 5.86. The summed E-state index contributed by atoms with van der Waals surface area (Å²) < 4.78 is 56.0. The number of nitrogens with zero attached hydrogens (tertiary/aromatic N) is 7. The van der Waals surface area contributed by atoms with E-state index >= 15 is 0 Å². The van der Waals surface area contributed by atoms with E-state index in [1.165, 1.54) is 22.4 Å². The normalized spacial score (nSPS) is 24.1. The molecule has 6 rings (SSSR count). The lowest BCUT2D eigenvalue weighted by Gasteiger charge is -2.25. The van der Waals surface area contributed by atoms with Crippen LogP contribution in [0.5, 0.6) is 0 Å². The molecular formula is C21H22F4N10O2S. The number of aliphatic hydroxyl groups is 1. The molecule has 2 aliphatic heterocycles. The Balaban J connectivity index is 1.33. The molecule has 38 heavy (non-hydrogen) atoms. The first-order chi connectivity index (χ1) is 18.1. The van der Waals surface area contributed by atoms with Gasteiger partial charge in [0.05, 0.1) is 19.2 Å². The summed E-state index contributed by atoms with van der Waals surface area (Å²) in [6.45, 7) is -2.65. The van der Waals surface area contributed by atoms with Crippen LogP contribution in [0, 0.1) is 0 Å². The molecule has 1 amide bonds. The van der Waals surface area contributed by atoms with E-state index in [0.29, 0.717) is 21.8 Å². The van der Waals surface area contributed by atoms with E-state index in [9.17, 15) is 27.5 Å². The van der Waals surface area contributed by atoms with Crippen LogP contribution < -0.4 is 20.4 Å². The highest BCUT2D eigenvalue weighted by Crippen LogP contribution is 2.43. The number of H-pyrrole nitrogens is 1. The fourth-order valence-corrected chi connectivity index (χ4v) is 5.00. The highest BCUT2D eigenvalue weighted by Gasteiger charge is 2.63. The molecule has 202 valence electrons. The summed E-state index contributed by atoms with van der Waals surface area (Å²) >= 11 is 1.20. The Morgan fingerprint density at radius 1 is 1.13 bits per heavy atom. The van der Waals surface area contributed by atoms with Gasteiger partial charge in [-0.3, -0.25) is 9.89 Å². The highest BCUT2D eigenvalue weighted by atomic mass is 32.1. The molecule has 0 bridgehead atoms. The third kappa shape index (κ3) is 4.70. The first kappa shape index (κ1) is 24.7. The van der Waals surface area contributed by atoms with E-state index in [1.807, 2.05) is 0 Å². The second-order valence-corrected chi connectivity index (χ2v) is 10.4. The molecule has 0 radical (unpaired) electrons. The van der Waals surface area contributed by atoms with E-state index in [1.54, 1.807) is 11.4 Å². The summed E-state index contributed by atoms with van der Waals surface area (Å²) in [6.07, 6.45) is 2.68. The summed E-state index contributed by atoms with van der Waals surface area (Å²) in [5.74, 6) is -9.06. The predicted molar refractivity (Wildman–Crippen MR) is 128 cm³/mol. The van der Waals surface area contributed by atoms with Crippen molar-refractivity contribution in [3.05, 3.63) is 23.3 Å². The van der Waals surface area contributed by atoms with E-state index in [4.69, 9.17) is 0 Å². The number of β-amino-alcohol motifs (C(OH)–C–C–N with tert-alkyl or cyclic N) is 1. The van der Waals surface area contributed by atoms with Gasteiger partial charge >= 0.3 is 11.8 Å². The molecule has 1 aliphatic carbocycles. The van der Waals surface area contributed by atoms with E-state index in [-0.39, 0.29) is 24.9 Å². The first-order valence-corrected chi connectivity index (χ1v) is 12.7. The van der Waals surface area contributed by atoms with Crippen molar-refractivity contribution >= 4 is 46.0 Å². The Morgan fingerprint density at radius 2 is 1.87 bits per heavy atom. The maximum Gasteiger partial charge on any atom is 0.329 e. The molecule has 3 aromatic heterocycles. The van der Waals surface area contributed by atoms with Gasteiger partial charge in [0.2, 0.25) is 23.8 Å². The smallest absolute Gasteiger partial charge is 0.329 e. The van der Waals surface area contributed by atoms with E-state index < -0.39 is 48.9 Å². The number of halogens is 4. The Morgan fingerprint density at radius 3 is 2.55 bits per heavy atom. The number of aromatic amines is 1. The lowest BCUT2D eigenvalue weighted by molar-refractivity contribution is -0.172. The van der Waals surface area contributed by atoms with Gasteiger partial charge in [0.25, 0.3) is 0 Å². The molecule has 3 aromatic rings. The largest absolute Gasteiger partial charge is 0.391 e. The Hall–Kier alpha value is -3.60. The number of amides is 1. The molecule has 5 heterocycles. The van der Waals surface area contributed by atoms with Crippen molar-refractivity contribution in [3.8, 4) is 0 Å². The van der Waals surface area contributed by atoms with Crippen LogP contribution in [0.3, 0.4) is 0 Å². The molecule has 12 nitrogen and oxygen atoms in total. The van der Waals surface area contributed by atoms with Crippen LogP contribution in [-0.4, -0.2) is 84.8 Å². The van der Waals surface area contributed by atoms with Gasteiger partial charge in [-0.1, -0.05) is 0 Å². The number of aliphatic hydroxyl groups excluding tert-OH is 1. The fourth-order valence-electron chi connectivity index (χ4n) is 4.46. The Bertz CT molecular complexity index is 1320. The van der Waals surface area contributed by atoms with Gasteiger partial charge in [-0.25, -0.2) is 4.98 Å². The minimum atomic E-state index is -4.28. The van der Waals surface area contributed by atoms with Gasteiger partial charge in [0.1, 0.15) is 6.04 Å². The summed E-state index contributed by atoms with van der Waals surface area (Å²) in [5, 5.41) is 25.0. The maximum absolute atomic E-state index is 14.0. The number of alkyl halides is 4. The molecule has 0 unspecified atom stereocenters. The number of hydrogen-bond acceptors (Lipinski definition) is 11. The number of carbonyl (C=O) groups excluding carboxylic acids is 1. The van der Waals surface area contributed by atoms with E-state index in [2.05, 4.69) is 40.8 Å². The van der Waals surface area contributed by atoms with Crippen molar-refractivity contribution in [2.45, 2.75) is 49.2 Å². The van der Waals surface area contributed by atoms with Crippen molar-refractivity contribution in [1.82, 2.24) is 30.1 Å². The summed E-state index contributed by atoms with van der Waals surface area (Å²) in [6, 6.07) is 0.813. The second-order valence-electron chi connectivity index (χ2n) is 9.52. The fraction of sp³-hybridized carbons (Fsp3) is 0.524. The molecule has 4 N–H and O–H groups in total. The van der Waals surface area contributed by atoms with E-state index in [0.717, 1.165) is 18.5 Å². The van der Waals surface area contributed by atoms with Crippen LogP contribution in [0.15, 0.2) is 17.6 Å². The third-order valence-corrected chi connectivity index (χ3v) is 7.25. The van der Waals surface area contributed by atoms with Crippen molar-refractivity contribution in [2.75, 3.05) is 40.1 Å². The average molecular weight is 555 g/mol. The number of nitrogens with one attached hydrogen (secondary N) is 3. The number of aromatic nitrogens is 6. The van der Waals surface area contributed by atoms with Gasteiger partial charge in [0, 0.05) is 42.2 Å². The quantitative estimate of drug-likeness (QED) is 0.321. The first-order valence-electron chi connectivity index (χ1n) is 11.8. The SMILES string of the molecule is O=C(Nc1nccs1)[C@@H]1C[C@H](O)CN1c1nc(Nc2cc(C3CC3)[nH]n2)nc(N2CC(F)(F)C(F)(F)C2)n1. The number of rotatable bonds is 7. The summed E-state index contributed by atoms with van der Waals surface area (Å²) in [4.78, 5) is 31.7. The van der Waals surface area contributed by atoms with Gasteiger partial charge in [-0.05, 0) is 12.8 Å². The number of thiazole rings is 1. The van der Waals surface area contributed by atoms with Crippen molar-refractivity contribution in [3.63, 3.8) is 0 Å². The second kappa shape index (κ2) is 9.00. The van der Waals surface area contributed by atoms with Gasteiger partial charge in [-0.15, -0.1) is 11.3 Å². The van der Waals surface area contributed by atoms with Gasteiger partial charge < -0.3 is 25.5 Å². The van der Waals surface area contributed by atoms with Crippen LogP contribution in [0.4, 0.5) is 46.4 Å². The molecular weight excluding hydrogens is 532 g/mol. The molecule has 3 aliphatic rings. The number of hydrogen-bond donors (Lipinski definition) is 4. The third-order valence-electron chi connectivity index (χ3n) is 6.56. The highest BCUT2D eigenvalue weighted by molar-refractivity contribution is 7.13. The van der Waals surface area contributed by atoms with Crippen LogP contribution in [0.2, 0.25) is 0 Å². The minimum Gasteiger partial charge on any atom is -0.391 e. The topological polar surface area (TPSA) is 148 Å². The monoisotopic (exact) mass is 554 g/mol. The molecule has 0 spiro atoms. The molecule has 0 aromatic carbocycles. The maximum atomic E-state index is 14.0. The minimum absolute atomic E-state index is 0.0327. The molecule has 2 saturated heterocycles. The summed E-state index contributed by atoms with van der Waals surface area (Å²) in [7, 11) is 0. The zero-order valence-electron chi connectivity index (χ0n) is 19.6. The molecule has 3 fully saturated rings. The van der Waals surface area contributed by atoms with Crippen molar-refractivity contribution in [1.29, 1.82) is 0 Å². The van der Waals surface area contributed by atoms with Crippen molar-refractivity contribution < 1.29 is 27.5 Å². The molecule has 2 atom stereocenters. The standard InChI is InChI=1S/C21H22F4N10O2S/c22-20(23)8-34(9-21(20,24)25)17-29-16(27-14-6-12(32-33-14)10-1-2-10)30-18(31-17)35-7-11(36)5-13(35)15(37)28-19-26-3-4-38-19/h3-4,6,10-11,13,36H,1-2,5,7-9H2,(H,26,28,37)(H2,27,29,30,31,32,33)/t11-,13-/m0/s1. The van der Waals surface area contributed by atoms with Crippen LogP contribution in [0.1, 0.15) is 30.9 Å². The zero-order valence-corrected chi connectivity index (χ0v) is 20.4. The Labute approximate surface area is 216 Å². The van der Waals surface area contributed by atoms with Crippen LogP contribution in [-0.2, 0) is 4.79 Å². The van der Waals surface area contributed by atoms with Gasteiger partial charge in [-0.2, -0.15) is 37.6 Å². The summed E-state index contributed by atoms with van der Waals surface area (Å²) in [5.41, 5.74) is 0.905. The molecule has 17 heteroatoms. The van der Waals surface area contributed by atoms with Crippen molar-refractivity contribution in [2.24, 2.45) is 0 Å². The van der Waals surface area contributed by atoms with Crippen LogP contribution in [0.25, 0.3) is 0 Å². The lowest BCUT2D eigenvalue weighted by Crippen LogP contribution is -2.41. The average Bonchev–Trinajstić information content (AvgIpc) is 3.17. The number of carbonyl (C=O) groups is 1. The molecule has 1 saturated carbocycles. The predicted octanol–water partition coefficient (Wildman–Crippen LogP) is 2.34. The van der Waals surface area contributed by atoms with Crippen LogP contribution >= 0.6 is 11.3 Å². The number of anilines is 5.